The standard InChI is InChI=1S/C10H9F5O2/c1-17-8-6(9(11,12)5-16)3-2-4-7(8)10(13,14)15/h2-4,16H,5H2,1H3. The van der Waals surface area contributed by atoms with Crippen LogP contribution in [0, 0.1) is 0 Å². The lowest BCUT2D eigenvalue weighted by atomic mass is 10.0. The highest BCUT2D eigenvalue weighted by Crippen LogP contribution is 2.42. The van der Waals surface area contributed by atoms with Gasteiger partial charge in [-0.3, -0.25) is 0 Å². The Morgan fingerprint density at radius 1 is 1.12 bits per heavy atom. The van der Waals surface area contributed by atoms with Crippen molar-refractivity contribution in [1.29, 1.82) is 0 Å². The van der Waals surface area contributed by atoms with Gasteiger partial charge in [-0.05, 0) is 12.1 Å². The fraction of sp³-hybridized carbons (Fsp3) is 0.400. The van der Waals surface area contributed by atoms with Crippen molar-refractivity contribution in [2.45, 2.75) is 12.1 Å². The number of aliphatic hydroxyl groups is 1. The maximum absolute atomic E-state index is 13.2. The molecule has 0 heterocycles. The van der Waals surface area contributed by atoms with Gasteiger partial charge < -0.3 is 9.84 Å². The molecule has 1 N–H and O–H groups in total. The van der Waals surface area contributed by atoms with Crippen molar-refractivity contribution in [3.05, 3.63) is 29.3 Å². The van der Waals surface area contributed by atoms with Gasteiger partial charge in [0, 0.05) is 0 Å². The highest BCUT2D eigenvalue weighted by Gasteiger charge is 2.41. The van der Waals surface area contributed by atoms with E-state index < -0.39 is 35.6 Å². The first kappa shape index (κ1) is 13.7. The number of methoxy groups -OCH3 is 1. The van der Waals surface area contributed by atoms with E-state index in [9.17, 15) is 22.0 Å². The average molecular weight is 256 g/mol. The molecule has 0 aliphatic rings. The lowest BCUT2D eigenvalue weighted by Crippen LogP contribution is -2.21. The summed E-state index contributed by atoms with van der Waals surface area (Å²) in [6.07, 6.45) is -4.80. The molecule has 0 radical (unpaired) electrons. The number of ether oxygens (including phenoxy) is 1. The van der Waals surface area contributed by atoms with Crippen LogP contribution in [0.4, 0.5) is 22.0 Å². The first-order valence-corrected chi connectivity index (χ1v) is 4.47. The zero-order valence-electron chi connectivity index (χ0n) is 8.68. The fourth-order valence-electron chi connectivity index (χ4n) is 1.35. The van der Waals surface area contributed by atoms with E-state index in [0.717, 1.165) is 19.2 Å². The van der Waals surface area contributed by atoms with Gasteiger partial charge in [0.15, 0.2) is 0 Å². The van der Waals surface area contributed by atoms with Gasteiger partial charge in [0.1, 0.15) is 12.4 Å². The van der Waals surface area contributed by atoms with Crippen molar-refractivity contribution in [3.63, 3.8) is 0 Å². The molecule has 0 atom stereocenters. The maximum atomic E-state index is 13.2. The van der Waals surface area contributed by atoms with Crippen molar-refractivity contribution in [2.75, 3.05) is 13.7 Å². The van der Waals surface area contributed by atoms with Gasteiger partial charge in [-0.1, -0.05) is 6.07 Å². The lowest BCUT2D eigenvalue weighted by molar-refractivity contribution is -0.139. The zero-order chi connectivity index (χ0) is 13.3. The number of rotatable bonds is 3. The third kappa shape index (κ3) is 2.66. The molecule has 0 unspecified atom stereocenters. The van der Waals surface area contributed by atoms with E-state index in [1.54, 1.807) is 0 Å². The van der Waals surface area contributed by atoms with Crippen LogP contribution >= 0.6 is 0 Å². The molecule has 0 aliphatic carbocycles. The van der Waals surface area contributed by atoms with Crippen molar-refractivity contribution < 1.29 is 31.8 Å². The first-order chi connectivity index (χ1) is 7.74. The minimum atomic E-state index is -4.80. The molecule has 0 saturated carbocycles. The van der Waals surface area contributed by atoms with E-state index in [4.69, 9.17) is 5.11 Å². The summed E-state index contributed by atoms with van der Waals surface area (Å²) in [7, 11) is 0.863. The van der Waals surface area contributed by atoms with E-state index in [0.29, 0.717) is 6.07 Å². The predicted molar refractivity (Wildman–Crippen MR) is 49.0 cm³/mol. The number of para-hydroxylation sites is 1. The molecule has 0 fully saturated rings. The second kappa shape index (κ2) is 4.48. The van der Waals surface area contributed by atoms with E-state index in [-0.39, 0.29) is 0 Å². The summed E-state index contributed by atoms with van der Waals surface area (Å²) in [4.78, 5) is 0. The topological polar surface area (TPSA) is 29.5 Å². The SMILES string of the molecule is COc1c(C(F)(F)F)cccc1C(F)(F)CO. The number of hydrogen-bond acceptors (Lipinski definition) is 2. The molecule has 0 bridgehead atoms. The highest BCUT2D eigenvalue weighted by molar-refractivity contribution is 5.45. The van der Waals surface area contributed by atoms with Crippen molar-refractivity contribution in [1.82, 2.24) is 0 Å². The summed E-state index contributed by atoms with van der Waals surface area (Å²) >= 11 is 0. The largest absolute Gasteiger partial charge is 0.496 e. The van der Waals surface area contributed by atoms with Gasteiger partial charge in [0.2, 0.25) is 0 Å². The minimum absolute atomic E-state index is 0.635. The van der Waals surface area contributed by atoms with Crippen LogP contribution in [0.5, 0.6) is 5.75 Å². The normalized spacial score (nSPS) is 12.6. The van der Waals surface area contributed by atoms with Crippen LogP contribution in [0.15, 0.2) is 18.2 Å². The minimum Gasteiger partial charge on any atom is -0.496 e. The Labute approximate surface area is 93.6 Å². The van der Waals surface area contributed by atoms with Crippen molar-refractivity contribution in [2.24, 2.45) is 0 Å². The second-order valence-electron chi connectivity index (χ2n) is 3.25. The number of alkyl halides is 5. The van der Waals surface area contributed by atoms with Crippen LogP contribution in [0.25, 0.3) is 0 Å². The molecule has 17 heavy (non-hydrogen) atoms. The molecule has 0 aromatic heterocycles. The number of benzene rings is 1. The van der Waals surface area contributed by atoms with Gasteiger partial charge in [-0.15, -0.1) is 0 Å². The third-order valence-corrected chi connectivity index (χ3v) is 2.12. The summed E-state index contributed by atoms with van der Waals surface area (Å²) in [5.41, 5.74) is -2.29. The predicted octanol–water partition coefficient (Wildman–Crippen LogP) is 2.80. The highest BCUT2D eigenvalue weighted by atomic mass is 19.4. The summed E-state index contributed by atoms with van der Waals surface area (Å²) in [6, 6.07) is 2.25. The molecule has 0 aliphatic heterocycles. The molecular formula is C10H9F5O2. The molecule has 0 amide bonds. The lowest BCUT2D eigenvalue weighted by Gasteiger charge is -2.20. The third-order valence-electron chi connectivity index (χ3n) is 2.12. The monoisotopic (exact) mass is 256 g/mol. The van der Waals surface area contributed by atoms with Crippen molar-refractivity contribution in [3.8, 4) is 5.75 Å². The molecule has 2 nitrogen and oxygen atoms in total. The van der Waals surface area contributed by atoms with E-state index in [2.05, 4.69) is 4.74 Å². The quantitative estimate of drug-likeness (QED) is 0.842. The Bertz CT molecular complexity index is 400. The van der Waals surface area contributed by atoms with Crippen LogP contribution in [-0.4, -0.2) is 18.8 Å². The first-order valence-electron chi connectivity index (χ1n) is 4.47. The number of halogens is 5. The van der Waals surface area contributed by atoms with E-state index in [1.165, 1.54) is 0 Å². The molecule has 0 spiro atoms. The van der Waals surface area contributed by atoms with E-state index >= 15 is 0 Å². The Balaban J connectivity index is 3.44. The fourth-order valence-corrected chi connectivity index (χ4v) is 1.35. The Kier molecular flexibility index (Phi) is 3.61. The molecule has 0 saturated heterocycles. The molecule has 1 aromatic rings. The molecular weight excluding hydrogens is 247 g/mol. The second-order valence-corrected chi connectivity index (χ2v) is 3.25. The Morgan fingerprint density at radius 2 is 1.65 bits per heavy atom. The Morgan fingerprint density at radius 3 is 2.06 bits per heavy atom. The van der Waals surface area contributed by atoms with E-state index in [1.807, 2.05) is 0 Å². The molecule has 96 valence electrons. The van der Waals surface area contributed by atoms with Gasteiger partial charge in [-0.25, -0.2) is 0 Å². The van der Waals surface area contributed by atoms with Gasteiger partial charge in [0.25, 0.3) is 5.92 Å². The number of hydrogen-bond donors (Lipinski definition) is 1. The smallest absolute Gasteiger partial charge is 0.419 e. The summed E-state index contributed by atoms with van der Waals surface area (Å²) in [5.74, 6) is -4.76. The zero-order valence-corrected chi connectivity index (χ0v) is 8.68. The summed E-state index contributed by atoms with van der Waals surface area (Å²) in [5, 5.41) is 8.47. The van der Waals surface area contributed by atoms with Gasteiger partial charge >= 0.3 is 6.18 Å². The maximum Gasteiger partial charge on any atom is 0.419 e. The van der Waals surface area contributed by atoms with Crippen LogP contribution < -0.4 is 4.74 Å². The van der Waals surface area contributed by atoms with Crippen LogP contribution in [-0.2, 0) is 12.1 Å². The van der Waals surface area contributed by atoms with Crippen LogP contribution in [0.1, 0.15) is 11.1 Å². The van der Waals surface area contributed by atoms with Gasteiger partial charge in [-0.2, -0.15) is 22.0 Å². The number of aliphatic hydroxyl groups excluding tert-OH is 1. The molecule has 7 heteroatoms. The molecule has 1 aromatic carbocycles. The van der Waals surface area contributed by atoms with Crippen LogP contribution in [0.3, 0.4) is 0 Å². The summed E-state index contributed by atoms with van der Waals surface area (Å²) < 4.78 is 68.3. The van der Waals surface area contributed by atoms with Gasteiger partial charge in [0.05, 0.1) is 18.2 Å². The average Bonchev–Trinajstić information content (AvgIpc) is 2.26. The van der Waals surface area contributed by atoms with Crippen molar-refractivity contribution >= 4 is 0 Å². The summed E-state index contributed by atoms with van der Waals surface area (Å²) in [6.45, 7) is -1.59. The Hall–Kier alpha value is -1.37. The van der Waals surface area contributed by atoms with Crippen LogP contribution in [0.2, 0.25) is 0 Å². The molecule has 1 rings (SSSR count).